The van der Waals surface area contributed by atoms with Crippen molar-refractivity contribution < 1.29 is 9.13 Å². The van der Waals surface area contributed by atoms with Crippen LogP contribution >= 0.6 is 11.6 Å². The number of anilines is 1. The van der Waals surface area contributed by atoms with Gasteiger partial charge < -0.3 is 21.1 Å². The van der Waals surface area contributed by atoms with Crippen LogP contribution in [0.25, 0.3) is 21.9 Å². The Bertz CT molecular complexity index is 1500. The van der Waals surface area contributed by atoms with Crippen molar-refractivity contribution in [2.45, 2.75) is 75.5 Å². The van der Waals surface area contributed by atoms with Crippen LogP contribution in [-0.4, -0.2) is 68.6 Å². The lowest BCUT2D eigenvalue weighted by molar-refractivity contribution is -0.0296. The molecular formula is C34H42ClFN6O. The average Bonchev–Trinajstić information content (AvgIpc) is 3.44. The van der Waals surface area contributed by atoms with E-state index in [1.807, 2.05) is 43.4 Å². The van der Waals surface area contributed by atoms with E-state index in [1.54, 1.807) is 6.07 Å². The van der Waals surface area contributed by atoms with E-state index in [-0.39, 0.29) is 23.3 Å². The third-order valence-corrected chi connectivity index (χ3v) is 9.67. The minimum Gasteiger partial charge on any atom is -0.463 e. The van der Waals surface area contributed by atoms with Crippen LogP contribution in [0.5, 0.6) is 0 Å². The first-order valence-electron chi connectivity index (χ1n) is 15.6. The highest BCUT2D eigenvalue weighted by atomic mass is 35.5. The minimum atomic E-state index is -0.513. The number of piperidine rings is 1. The Morgan fingerprint density at radius 3 is 2.72 bits per heavy atom. The summed E-state index contributed by atoms with van der Waals surface area (Å²) < 4.78 is 22.8. The lowest BCUT2D eigenvalue weighted by atomic mass is 9.80. The van der Waals surface area contributed by atoms with Gasteiger partial charge in [0.1, 0.15) is 5.69 Å². The number of nitrogen functional groups attached to an aromatic ring is 1. The van der Waals surface area contributed by atoms with Crippen molar-refractivity contribution in [1.82, 2.24) is 15.5 Å². The number of amidine groups is 1. The summed E-state index contributed by atoms with van der Waals surface area (Å²) in [4.78, 5) is 11.3. The molecule has 4 unspecified atom stereocenters. The number of aliphatic imine (C=N–C) groups is 2. The van der Waals surface area contributed by atoms with Crippen molar-refractivity contribution in [3.05, 3.63) is 58.9 Å². The third kappa shape index (κ3) is 6.43. The number of nitrogens with zero attached hydrogens (tertiary/aromatic N) is 3. The molecule has 4 N–H and O–H groups in total. The number of nitrogens with two attached hydrogens (primary N) is 1. The molecule has 9 heteroatoms. The van der Waals surface area contributed by atoms with Crippen molar-refractivity contribution in [3.8, 4) is 11.1 Å². The molecule has 4 atom stereocenters. The first kappa shape index (κ1) is 30.0. The molecule has 0 radical (unpaired) electrons. The molecule has 0 spiro atoms. The normalized spacial score (nSPS) is 23.8. The van der Waals surface area contributed by atoms with E-state index in [2.05, 4.69) is 32.2 Å². The second-order valence-corrected chi connectivity index (χ2v) is 12.6. The minimum absolute atomic E-state index is 0.0714. The van der Waals surface area contributed by atoms with Gasteiger partial charge in [0.2, 0.25) is 0 Å². The molecule has 228 valence electrons. The lowest BCUT2D eigenvalue weighted by Gasteiger charge is -2.53. The van der Waals surface area contributed by atoms with Gasteiger partial charge in [0, 0.05) is 48.5 Å². The molecule has 2 bridgehead atoms. The molecule has 3 aromatic rings. The molecule has 3 fully saturated rings. The lowest BCUT2D eigenvalue weighted by Crippen LogP contribution is -2.58. The number of hydrogen-bond acceptors (Lipinski definition) is 6. The van der Waals surface area contributed by atoms with Crippen molar-refractivity contribution in [2.75, 3.05) is 32.5 Å². The number of benzene rings is 3. The number of hydrogen-bond donors (Lipinski definition) is 3. The molecular weight excluding hydrogens is 563 g/mol. The van der Waals surface area contributed by atoms with Gasteiger partial charge in [0.05, 0.1) is 11.6 Å². The second kappa shape index (κ2) is 13.3. The van der Waals surface area contributed by atoms with E-state index in [0.29, 0.717) is 40.9 Å². The van der Waals surface area contributed by atoms with E-state index >= 15 is 4.39 Å². The zero-order valence-corrected chi connectivity index (χ0v) is 25.7. The van der Waals surface area contributed by atoms with Gasteiger partial charge >= 0.3 is 6.02 Å². The predicted octanol–water partition coefficient (Wildman–Crippen LogP) is 6.49. The quantitative estimate of drug-likeness (QED) is 0.107. The van der Waals surface area contributed by atoms with E-state index in [4.69, 9.17) is 22.1 Å². The number of ether oxygens (including phenoxy) is 1. The monoisotopic (exact) mass is 604 g/mol. The van der Waals surface area contributed by atoms with E-state index < -0.39 is 5.82 Å². The van der Waals surface area contributed by atoms with Crippen molar-refractivity contribution in [1.29, 1.82) is 0 Å². The molecule has 6 rings (SSSR count). The van der Waals surface area contributed by atoms with Crippen molar-refractivity contribution in [3.63, 3.8) is 0 Å². The summed E-state index contributed by atoms with van der Waals surface area (Å²) in [6, 6.07) is 15.4. The third-order valence-electron chi connectivity index (χ3n) is 9.37. The van der Waals surface area contributed by atoms with Crippen LogP contribution in [0.2, 0.25) is 5.02 Å². The second-order valence-electron chi connectivity index (χ2n) is 12.2. The molecule has 0 saturated carbocycles. The van der Waals surface area contributed by atoms with Crippen LogP contribution in [0.3, 0.4) is 0 Å². The van der Waals surface area contributed by atoms with Crippen molar-refractivity contribution in [2.24, 2.45) is 9.98 Å². The summed E-state index contributed by atoms with van der Waals surface area (Å²) in [5.74, 6) is -0.513. The molecule has 3 aromatic carbocycles. The molecule has 0 amide bonds. The molecule has 3 aliphatic heterocycles. The number of nitrogens with one attached hydrogen (secondary N) is 2. The maximum Gasteiger partial charge on any atom is 0.316 e. The van der Waals surface area contributed by atoms with Gasteiger partial charge in [-0.3, -0.25) is 4.90 Å². The smallest absolute Gasteiger partial charge is 0.316 e. The Balaban J connectivity index is 1.31. The molecule has 7 nitrogen and oxygen atoms in total. The maximum absolute atomic E-state index is 16.8. The average molecular weight is 605 g/mol. The first-order chi connectivity index (χ1) is 20.9. The first-order valence-corrected chi connectivity index (χ1v) is 16.0. The Hall–Kier alpha value is -3.04. The molecule has 43 heavy (non-hydrogen) atoms. The van der Waals surface area contributed by atoms with Gasteiger partial charge in [-0.15, -0.1) is 0 Å². The molecule has 0 aliphatic carbocycles. The van der Waals surface area contributed by atoms with Crippen LogP contribution in [-0.2, 0) is 11.2 Å². The van der Waals surface area contributed by atoms with Gasteiger partial charge in [-0.25, -0.2) is 9.38 Å². The van der Waals surface area contributed by atoms with E-state index in [1.165, 1.54) is 25.7 Å². The van der Waals surface area contributed by atoms with Gasteiger partial charge in [0.15, 0.2) is 5.82 Å². The van der Waals surface area contributed by atoms with E-state index in [9.17, 15) is 0 Å². The molecule has 3 heterocycles. The topological polar surface area (TPSA) is 87.3 Å². The predicted molar refractivity (Wildman–Crippen MR) is 176 cm³/mol. The van der Waals surface area contributed by atoms with Crippen LogP contribution in [0, 0.1) is 5.82 Å². The highest BCUT2D eigenvalue weighted by molar-refractivity contribution is 6.34. The van der Waals surface area contributed by atoms with Crippen LogP contribution < -0.4 is 16.4 Å². The summed E-state index contributed by atoms with van der Waals surface area (Å²) >= 11 is 6.89. The fourth-order valence-electron chi connectivity index (χ4n) is 7.34. The zero-order chi connectivity index (χ0) is 29.9. The SMILES string of the molecule is C=NC(=Nc1c(CC2CCC(CNC)N2)cc(Cl)c(-c2cc(N)cc3ccccc23)c1F)OCCCN1C2CCCC1C2. The highest BCUT2D eigenvalue weighted by Gasteiger charge is 2.40. The van der Waals surface area contributed by atoms with Crippen LogP contribution in [0.15, 0.2) is 52.4 Å². The van der Waals surface area contributed by atoms with Gasteiger partial charge in [-0.1, -0.05) is 42.3 Å². The number of halogens is 2. The highest BCUT2D eigenvalue weighted by Crippen LogP contribution is 2.43. The zero-order valence-electron chi connectivity index (χ0n) is 24.9. The van der Waals surface area contributed by atoms with Crippen LogP contribution in [0.4, 0.5) is 15.8 Å². The Morgan fingerprint density at radius 1 is 1.16 bits per heavy atom. The Labute approximate surface area is 258 Å². The molecule has 3 aliphatic rings. The number of rotatable bonds is 10. The van der Waals surface area contributed by atoms with Gasteiger partial charge in [0.25, 0.3) is 0 Å². The fraction of sp³-hybridized carbons (Fsp3) is 0.471. The standard InChI is InChI=1S/C34H42ClFN6O/c1-38-20-25-12-11-24(40-25)16-22-17-30(35)31(29-18-23(37)15-21-7-3-4-10-28(21)29)32(36)33(22)41-34(39-2)43-14-6-13-42-26-8-5-9-27(42)19-26/h3-4,7,10,15,17-18,24-27,38,40H,2,5-6,8-9,11-14,16,19-20,37H2,1H3. The summed E-state index contributed by atoms with van der Waals surface area (Å²) in [5, 5.41) is 9.00. The molecule has 0 aromatic heterocycles. The molecule has 3 saturated heterocycles. The van der Waals surface area contributed by atoms with Gasteiger partial charge in [-0.2, -0.15) is 4.99 Å². The fourth-order valence-corrected chi connectivity index (χ4v) is 7.66. The summed E-state index contributed by atoms with van der Waals surface area (Å²) in [6.45, 7) is 6.01. The van der Waals surface area contributed by atoms with Crippen LogP contribution in [0.1, 0.15) is 50.5 Å². The summed E-state index contributed by atoms with van der Waals surface area (Å²) in [6.07, 6.45) is 8.74. The van der Waals surface area contributed by atoms with Gasteiger partial charge in [-0.05, 0) is 98.8 Å². The largest absolute Gasteiger partial charge is 0.463 e. The van der Waals surface area contributed by atoms with E-state index in [0.717, 1.165) is 55.2 Å². The Morgan fingerprint density at radius 2 is 1.95 bits per heavy atom. The summed E-state index contributed by atoms with van der Waals surface area (Å²) in [5.41, 5.74) is 8.59. The number of likely N-dealkylation sites (N-methyl/N-ethyl adjacent to an activating group) is 1. The Kier molecular flexibility index (Phi) is 9.28. The maximum atomic E-state index is 16.8. The van der Waals surface area contributed by atoms with Crippen molar-refractivity contribution >= 4 is 46.5 Å². The summed E-state index contributed by atoms with van der Waals surface area (Å²) in [7, 11) is 1.95. The number of fused-ring (bicyclic) bond motifs is 3.